The maximum atomic E-state index is 11.7. The van der Waals surface area contributed by atoms with E-state index in [1.807, 2.05) is 32.9 Å². The summed E-state index contributed by atoms with van der Waals surface area (Å²) >= 11 is 3.32. The molecule has 0 heterocycles. The summed E-state index contributed by atoms with van der Waals surface area (Å²) in [6, 6.07) is 8.04. The summed E-state index contributed by atoms with van der Waals surface area (Å²) in [6.45, 7) is 8.18. The van der Waals surface area contributed by atoms with Crippen LogP contribution < -0.4 is 10.1 Å². The highest BCUT2D eigenvalue weighted by atomic mass is 79.9. The van der Waals surface area contributed by atoms with Gasteiger partial charge in [-0.15, -0.1) is 0 Å². The van der Waals surface area contributed by atoms with E-state index < -0.39 is 4.32 Å². The number of nitrogens with one attached hydrogen (secondary N) is 1. The molecule has 1 unspecified atom stereocenters. The van der Waals surface area contributed by atoms with E-state index in [1.165, 1.54) is 5.56 Å². The van der Waals surface area contributed by atoms with Gasteiger partial charge in [0.1, 0.15) is 11.9 Å². The van der Waals surface area contributed by atoms with Crippen molar-refractivity contribution >= 4 is 21.8 Å². The molecular formula is C15H22BrNO2. The molecule has 1 atom stereocenters. The minimum atomic E-state index is -0.546. The van der Waals surface area contributed by atoms with E-state index >= 15 is 0 Å². The molecule has 0 aliphatic heterocycles. The summed E-state index contributed by atoms with van der Waals surface area (Å²) in [5, 5.41) is 2.85. The number of benzene rings is 1. The van der Waals surface area contributed by atoms with Crippen LogP contribution in [0.5, 0.6) is 5.75 Å². The monoisotopic (exact) mass is 327 g/mol. The quantitative estimate of drug-likeness (QED) is 0.814. The first kappa shape index (κ1) is 16.0. The van der Waals surface area contributed by atoms with Crippen LogP contribution in [0, 0.1) is 0 Å². The first-order chi connectivity index (χ1) is 8.82. The highest BCUT2D eigenvalue weighted by Crippen LogP contribution is 2.16. The van der Waals surface area contributed by atoms with E-state index in [2.05, 4.69) is 40.3 Å². The second-order valence-electron chi connectivity index (χ2n) is 5.11. The lowest BCUT2D eigenvalue weighted by atomic mass is 10.2. The lowest BCUT2D eigenvalue weighted by Crippen LogP contribution is -2.41. The third kappa shape index (κ3) is 5.64. The highest BCUT2D eigenvalue weighted by molar-refractivity contribution is 9.10. The largest absolute Gasteiger partial charge is 0.489 e. The average molecular weight is 328 g/mol. The van der Waals surface area contributed by atoms with E-state index in [0.29, 0.717) is 6.54 Å². The highest BCUT2D eigenvalue weighted by Gasteiger charge is 2.23. The Bertz CT molecular complexity index is 409. The van der Waals surface area contributed by atoms with Gasteiger partial charge in [-0.05, 0) is 44.9 Å². The zero-order valence-electron chi connectivity index (χ0n) is 12.0. The number of hydrogen-bond acceptors (Lipinski definition) is 2. The van der Waals surface area contributed by atoms with Gasteiger partial charge in [0.25, 0.3) is 0 Å². The number of hydrogen-bond donors (Lipinski definition) is 1. The van der Waals surface area contributed by atoms with Crippen molar-refractivity contribution in [2.24, 2.45) is 0 Å². The van der Waals surface area contributed by atoms with Gasteiger partial charge in [-0.3, -0.25) is 4.79 Å². The van der Waals surface area contributed by atoms with Gasteiger partial charge in [-0.2, -0.15) is 0 Å². The molecule has 1 rings (SSSR count). The molecule has 0 radical (unpaired) electrons. The van der Waals surface area contributed by atoms with Crippen LogP contribution in [-0.4, -0.2) is 22.9 Å². The van der Waals surface area contributed by atoms with E-state index in [4.69, 9.17) is 4.74 Å². The molecule has 0 fully saturated rings. The van der Waals surface area contributed by atoms with Gasteiger partial charge in [0, 0.05) is 0 Å². The minimum Gasteiger partial charge on any atom is -0.489 e. The van der Waals surface area contributed by atoms with Crippen molar-refractivity contribution in [3.8, 4) is 5.75 Å². The third-order valence-corrected chi connectivity index (χ3v) is 3.12. The first-order valence-electron chi connectivity index (χ1n) is 6.55. The van der Waals surface area contributed by atoms with Gasteiger partial charge in [-0.1, -0.05) is 35.0 Å². The Kier molecular flexibility index (Phi) is 5.85. The average Bonchev–Trinajstić information content (AvgIpc) is 2.35. The summed E-state index contributed by atoms with van der Waals surface area (Å²) in [5.41, 5.74) is 1.29. The molecule has 0 aliphatic rings. The zero-order chi connectivity index (χ0) is 14.5. The number of carbonyl (C=O) groups is 1. The van der Waals surface area contributed by atoms with Crippen molar-refractivity contribution in [3.63, 3.8) is 0 Å². The SMILES string of the molecule is CCc1ccc(OC(C)CNC(=O)C(C)(C)Br)cc1. The summed E-state index contributed by atoms with van der Waals surface area (Å²) in [7, 11) is 0. The van der Waals surface area contributed by atoms with E-state index in [9.17, 15) is 4.79 Å². The summed E-state index contributed by atoms with van der Waals surface area (Å²) in [5.74, 6) is 0.793. The Labute approximate surface area is 123 Å². The third-order valence-electron chi connectivity index (χ3n) is 2.76. The number of ether oxygens (including phenoxy) is 1. The summed E-state index contributed by atoms with van der Waals surface area (Å²) < 4.78 is 5.20. The molecule has 0 aromatic heterocycles. The Morgan fingerprint density at radius 2 is 1.95 bits per heavy atom. The van der Waals surface area contributed by atoms with E-state index in [0.717, 1.165) is 12.2 Å². The summed E-state index contributed by atoms with van der Waals surface area (Å²) in [4.78, 5) is 11.7. The van der Waals surface area contributed by atoms with Crippen LogP contribution in [0.3, 0.4) is 0 Å². The molecule has 3 nitrogen and oxygen atoms in total. The molecule has 1 aromatic carbocycles. The van der Waals surface area contributed by atoms with E-state index in [-0.39, 0.29) is 12.0 Å². The predicted molar refractivity (Wildman–Crippen MR) is 81.9 cm³/mol. The van der Waals surface area contributed by atoms with Crippen molar-refractivity contribution in [3.05, 3.63) is 29.8 Å². The predicted octanol–water partition coefficient (Wildman–Crippen LogP) is 3.31. The fourth-order valence-electron chi connectivity index (χ4n) is 1.52. The minimum absolute atomic E-state index is 0.0377. The second-order valence-corrected chi connectivity index (χ2v) is 7.09. The van der Waals surface area contributed by atoms with Crippen molar-refractivity contribution < 1.29 is 9.53 Å². The molecule has 106 valence electrons. The van der Waals surface area contributed by atoms with Gasteiger partial charge in [0.15, 0.2) is 0 Å². The summed E-state index contributed by atoms with van der Waals surface area (Å²) in [6.07, 6.45) is 0.956. The van der Waals surface area contributed by atoms with Gasteiger partial charge in [0.2, 0.25) is 5.91 Å². The molecule has 0 aliphatic carbocycles. The number of rotatable bonds is 6. The molecule has 0 saturated carbocycles. The molecule has 4 heteroatoms. The normalized spacial score (nSPS) is 12.9. The maximum absolute atomic E-state index is 11.7. The maximum Gasteiger partial charge on any atom is 0.236 e. The lowest BCUT2D eigenvalue weighted by molar-refractivity contribution is -0.122. The standard InChI is InChI=1S/C15H22BrNO2/c1-5-12-6-8-13(9-7-12)19-11(2)10-17-14(18)15(3,4)16/h6-9,11H,5,10H2,1-4H3,(H,17,18). The van der Waals surface area contributed by atoms with Crippen LogP contribution in [0.15, 0.2) is 24.3 Å². The Morgan fingerprint density at radius 1 is 1.37 bits per heavy atom. The van der Waals surface area contributed by atoms with Gasteiger partial charge < -0.3 is 10.1 Å². The molecule has 1 aromatic rings. The van der Waals surface area contributed by atoms with Gasteiger partial charge in [-0.25, -0.2) is 0 Å². The van der Waals surface area contributed by atoms with Crippen molar-refractivity contribution in [1.29, 1.82) is 0 Å². The molecular weight excluding hydrogens is 306 g/mol. The zero-order valence-corrected chi connectivity index (χ0v) is 13.6. The van der Waals surface area contributed by atoms with E-state index in [1.54, 1.807) is 0 Å². The Balaban J connectivity index is 2.42. The van der Waals surface area contributed by atoms with Crippen molar-refractivity contribution in [2.75, 3.05) is 6.54 Å². The number of aryl methyl sites for hydroxylation is 1. The van der Waals surface area contributed by atoms with Crippen LogP contribution in [0.25, 0.3) is 0 Å². The van der Waals surface area contributed by atoms with Crippen molar-refractivity contribution in [2.45, 2.75) is 44.5 Å². The molecule has 0 spiro atoms. The smallest absolute Gasteiger partial charge is 0.236 e. The Morgan fingerprint density at radius 3 is 2.42 bits per heavy atom. The molecule has 0 bridgehead atoms. The van der Waals surface area contributed by atoms with Crippen LogP contribution in [0.4, 0.5) is 0 Å². The van der Waals surface area contributed by atoms with Crippen molar-refractivity contribution in [1.82, 2.24) is 5.32 Å². The Hall–Kier alpha value is -1.03. The number of carbonyl (C=O) groups excluding carboxylic acids is 1. The van der Waals surface area contributed by atoms with Gasteiger partial charge in [0.05, 0.1) is 10.9 Å². The fraction of sp³-hybridized carbons (Fsp3) is 0.533. The first-order valence-corrected chi connectivity index (χ1v) is 7.35. The lowest BCUT2D eigenvalue weighted by Gasteiger charge is -2.19. The molecule has 1 amide bonds. The fourth-order valence-corrected chi connectivity index (χ4v) is 1.66. The second kappa shape index (κ2) is 6.94. The van der Waals surface area contributed by atoms with Gasteiger partial charge >= 0.3 is 0 Å². The van der Waals surface area contributed by atoms with Crippen LogP contribution in [-0.2, 0) is 11.2 Å². The topological polar surface area (TPSA) is 38.3 Å². The molecule has 19 heavy (non-hydrogen) atoms. The van der Waals surface area contributed by atoms with Crippen LogP contribution in [0.2, 0.25) is 0 Å². The molecule has 1 N–H and O–H groups in total. The number of alkyl halides is 1. The molecule has 0 saturated heterocycles. The van der Waals surface area contributed by atoms with Crippen LogP contribution >= 0.6 is 15.9 Å². The number of halogens is 1. The van der Waals surface area contributed by atoms with Crippen LogP contribution in [0.1, 0.15) is 33.3 Å². The number of amides is 1.